The second-order valence-electron chi connectivity index (χ2n) is 6.70. The molecule has 3 N–H and O–H groups in total. The third kappa shape index (κ3) is 4.66. The molecular weight excluding hydrogens is 384 g/mol. The number of ether oxygens (including phenoxy) is 1. The van der Waals surface area contributed by atoms with Gasteiger partial charge in [0.15, 0.2) is 6.10 Å². The van der Waals surface area contributed by atoms with E-state index < -0.39 is 12.0 Å². The summed E-state index contributed by atoms with van der Waals surface area (Å²) in [6.07, 6.45) is -0.0539. The van der Waals surface area contributed by atoms with Crippen molar-refractivity contribution in [2.24, 2.45) is 5.73 Å². The Labute approximate surface area is 174 Å². The molecule has 1 aromatic heterocycles. The zero-order valence-electron chi connectivity index (χ0n) is 16.7. The van der Waals surface area contributed by atoms with Gasteiger partial charge in [0, 0.05) is 4.88 Å². The molecule has 3 aromatic rings. The maximum absolute atomic E-state index is 12.6. The van der Waals surface area contributed by atoms with Crippen LogP contribution in [-0.4, -0.2) is 17.9 Å². The molecule has 0 aliphatic heterocycles. The van der Waals surface area contributed by atoms with Crippen molar-refractivity contribution in [1.82, 2.24) is 0 Å². The van der Waals surface area contributed by atoms with Gasteiger partial charge in [-0.2, -0.15) is 0 Å². The van der Waals surface area contributed by atoms with Crippen LogP contribution in [0.5, 0.6) is 5.75 Å². The standard InChI is InChI=1S/C23H24N2O3S/c1-4-19-15(3)29-23(20(19)21(24)26)25-22(27)14(2)28-18-12-10-17(11-13-18)16-8-6-5-7-9-16/h5-14H,4H2,1-3H3,(H2,24,26)(H,25,27). The normalized spacial score (nSPS) is 11.7. The largest absolute Gasteiger partial charge is 0.481 e. The average Bonchev–Trinajstić information content (AvgIpc) is 3.04. The van der Waals surface area contributed by atoms with Gasteiger partial charge in [-0.25, -0.2) is 0 Å². The molecule has 2 aromatic carbocycles. The van der Waals surface area contributed by atoms with Crippen LogP contribution in [0.3, 0.4) is 0 Å². The van der Waals surface area contributed by atoms with Crippen LogP contribution in [-0.2, 0) is 11.2 Å². The summed E-state index contributed by atoms with van der Waals surface area (Å²) in [6, 6.07) is 17.6. The molecule has 29 heavy (non-hydrogen) atoms. The lowest BCUT2D eigenvalue weighted by molar-refractivity contribution is -0.122. The number of primary amides is 1. The number of nitrogens with one attached hydrogen (secondary N) is 1. The number of aryl methyl sites for hydroxylation is 1. The molecule has 2 amide bonds. The molecule has 0 saturated heterocycles. The van der Waals surface area contributed by atoms with Gasteiger partial charge < -0.3 is 15.8 Å². The van der Waals surface area contributed by atoms with E-state index in [2.05, 4.69) is 5.32 Å². The second kappa shape index (κ2) is 8.92. The molecule has 0 aliphatic carbocycles. The Morgan fingerprint density at radius 2 is 1.69 bits per heavy atom. The van der Waals surface area contributed by atoms with Gasteiger partial charge >= 0.3 is 0 Å². The summed E-state index contributed by atoms with van der Waals surface area (Å²) in [5.74, 6) is -0.269. The van der Waals surface area contributed by atoms with Crippen LogP contribution in [0, 0.1) is 6.92 Å². The Hall–Kier alpha value is -3.12. The van der Waals surface area contributed by atoms with E-state index in [-0.39, 0.29) is 5.91 Å². The molecule has 0 aliphatic rings. The third-order valence-corrected chi connectivity index (χ3v) is 5.75. The van der Waals surface area contributed by atoms with Crippen molar-refractivity contribution in [3.8, 4) is 16.9 Å². The lowest BCUT2D eigenvalue weighted by Gasteiger charge is -2.15. The van der Waals surface area contributed by atoms with E-state index in [1.54, 1.807) is 6.92 Å². The Balaban J connectivity index is 1.69. The molecule has 5 nitrogen and oxygen atoms in total. The van der Waals surface area contributed by atoms with E-state index in [0.29, 0.717) is 22.7 Å². The van der Waals surface area contributed by atoms with Crippen molar-refractivity contribution in [2.75, 3.05) is 5.32 Å². The van der Waals surface area contributed by atoms with Gasteiger partial charge in [-0.1, -0.05) is 49.4 Å². The van der Waals surface area contributed by atoms with Gasteiger partial charge in [0.05, 0.1) is 5.56 Å². The molecule has 0 radical (unpaired) electrons. The summed E-state index contributed by atoms with van der Waals surface area (Å²) in [5.41, 5.74) is 8.98. The Morgan fingerprint density at radius 3 is 2.28 bits per heavy atom. The lowest BCUT2D eigenvalue weighted by Crippen LogP contribution is -2.30. The van der Waals surface area contributed by atoms with Crippen LogP contribution in [0.25, 0.3) is 11.1 Å². The summed E-state index contributed by atoms with van der Waals surface area (Å²) in [5, 5.41) is 3.28. The van der Waals surface area contributed by atoms with Gasteiger partial charge in [-0.15, -0.1) is 11.3 Å². The number of amides is 2. The first kappa shape index (κ1) is 20.6. The van der Waals surface area contributed by atoms with E-state index in [9.17, 15) is 9.59 Å². The number of carbonyl (C=O) groups excluding carboxylic acids is 2. The first-order valence-corrected chi connectivity index (χ1v) is 10.3. The van der Waals surface area contributed by atoms with Gasteiger partial charge in [-0.3, -0.25) is 9.59 Å². The van der Waals surface area contributed by atoms with Crippen LogP contribution in [0.1, 0.15) is 34.6 Å². The Bertz CT molecular complexity index is 1010. The molecular formula is C23H24N2O3S. The zero-order chi connectivity index (χ0) is 21.0. The van der Waals surface area contributed by atoms with Crippen molar-refractivity contribution in [3.63, 3.8) is 0 Å². The molecule has 6 heteroatoms. The summed E-state index contributed by atoms with van der Waals surface area (Å²) in [4.78, 5) is 25.4. The molecule has 0 bridgehead atoms. The highest BCUT2D eigenvalue weighted by Gasteiger charge is 2.23. The number of hydrogen-bond donors (Lipinski definition) is 2. The van der Waals surface area contributed by atoms with E-state index in [4.69, 9.17) is 10.5 Å². The number of thiophene rings is 1. The number of nitrogens with two attached hydrogens (primary N) is 1. The zero-order valence-corrected chi connectivity index (χ0v) is 17.5. The van der Waals surface area contributed by atoms with Gasteiger partial charge in [0.2, 0.25) is 0 Å². The predicted octanol–water partition coefficient (Wildman–Crippen LogP) is 4.79. The van der Waals surface area contributed by atoms with Gasteiger partial charge in [0.1, 0.15) is 10.8 Å². The maximum atomic E-state index is 12.6. The van der Waals surface area contributed by atoms with E-state index >= 15 is 0 Å². The minimum absolute atomic E-state index is 0.330. The lowest BCUT2D eigenvalue weighted by atomic mass is 10.1. The topological polar surface area (TPSA) is 81.4 Å². The van der Waals surface area contributed by atoms with Crippen molar-refractivity contribution in [1.29, 1.82) is 0 Å². The second-order valence-corrected chi connectivity index (χ2v) is 7.92. The highest BCUT2D eigenvalue weighted by molar-refractivity contribution is 7.16. The van der Waals surface area contributed by atoms with Gasteiger partial charge in [0.25, 0.3) is 11.8 Å². The van der Waals surface area contributed by atoms with Crippen LogP contribution in [0.15, 0.2) is 54.6 Å². The highest BCUT2D eigenvalue weighted by atomic mass is 32.1. The molecule has 150 valence electrons. The summed E-state index contributed by atoms with van der Waals surface area (Å²) >= 11 is 1.36. The quantitative estimate of drug-likeness (QED) is 0.590. The van der Waals surface area contributed by atoms with Crippen molar-refractivity contribution in [2.45, 2.75) is 33.3 Å². The first-order valence-electron chi connectivity index (χ1n) is 9.45. The van der Waals surface area contributed by atoms with Crippen molar-refractivity contribution in [3.05, 3.63) is 70.6 Å². The van der Waals surface area contributed by atoms with E-state index in [1.807, 2.05) is 68.4 Å². The van der Waals surface area contributed by atoms with Crippen LogP contribution in [0.2, 0.25) is 0 Å². The summed E-state index contributed by atoms with van der Waals surface area (Å²) in [6.45, 7) is 5.54. The minimum atomic E-state index is -0.731. The smallest absolute Gasteiger partial charge is 0.265 e. The fraction of sp³-hybridized carbons (Fsp3) is 0.217. The highest BCUT2D eigenvalue weighted by Crippen LogP contribution is 2.33. The fourth-order valence-corrected chi connectivity index (χ4v) is 4.33. The van der Waals surface area contributed by atoms with Crippen molar-refractivity contribution < 1.29 is 14.3 Å². The minimum Gasteiger partial charge on any atom is -0.481 e. The Morgan fingerprint density at radius 1 is 1.07 bits per heavy atom. The third-order valence-electron chi connectivity index (χ3n) is 4.69. The number of carbonyl (C=O) groups is 2. The van der Waals surface area contributed by atoms with E-state index in [0.717, 1.165) is 21.6 Å². The SMILES string of the molecule is CCc1c(C)sc(NC(=O)C(C)Oc2ccc(-c3ccccc3)cc2)c1C(N)=O. The number of benzene rings is 2. The number of rotatable bonds is 7. The van der Waals surface area contributed by atoms with Crippen LogP contribution in [0.4, 0.5) is 5.00 Å². The molecule has 1 atom stereocenters. The van der Waals surface area contributed by atoms with E-state index in [1.165, 1.54) is 11.3 Å². The van der Waals surface area contributed by atoms with Crippen molar-refractivity contribution >= 4 is 28.2 Å². The molecule has 0 spiro atoms. The molecule has 0 fully saturated rings. The molecule has 3 rings (SSSR count). The number of anilines is 1. The van der Waals surface area contributed by atoms with Crippen LogP contribution < -0.4 is 15.8 Å². The molecule has 1 unspecified atom stereocenters. The summed E-state index contributed by atoms with van der Waals surface area (Å²) < 4.78 is 5.78. The first-order chi connectivity index (χ1) is 13.9. The fourth-order valence-electron chi connectivity index (χ4n) is 3.18. The molecule has 0 saturated carbocycles. The Kier molecular flexibility index (Phi) is 6.34. The summed E-state index contributed by atoms with van der Waals surface area (Å²) in [7, 11) is 0. The number of hydrogen-bond acceptors (Lipinski definition) is 4. The monoisotopic (exact) mass is 408 g/mol. The predicted molar refractivity (Wildman–Crippen MR) is 118 cm³/mol. The van der Waals surface area contributed by atoms with Crippen LogP contribution >= 0.6 is 11.3 Å². The van der Waals surface area contributed by atoms with Gasteiger partial charge in [-0.05, 0) is 49.1 Å². The average molecular weight is 409 g/mol. The molecule has 1 heterocycles. The maximum Gasteiger partial charge on any atom is 0.265 e.